The SMILES string of the molecule is COc1cc(/C=N/n2c(=O)[nH]c3ccccc3c2=O)cc([N+](=O)[O-])c1O. The lowest BCUT2D eigenvalue weighted by Crippen LogP contribution is -2.32. The molecule has 132 valence electrons. The summed E-state index contributed by atoms with van der Waals surface area (Å²) in [6, 6.07) is 8.76. The minimum atomic E-state index is -0.788. The molecule has 1 aromatic heterocycles. The molecule has 0 aliphatic heterocycles. The molecular formula is C16H12N4O6. The third-order valence-corrected chi connectivity index (χ3v) is 3.60. The lowest BCUT2D eigenvalue weighted by atomic mass is 10.2. The molecule has 0 unspecified atom stereocenters. The first-order valence-corrected chi connectivity index (χ1v) is 7.26. The first-order valence-electron chi connectivity index (χ1n) is 7.26. The van der Waals surface area contributed by atoms with E-state index in [4.69, 9.17) is 4.74 Å². The Kier molecular flexibility index (Phi) is 4.23. The minimum Gasteiger partial charge on any atom is -0.500 e. The Hall–Kier alpha value is -3.95. The largest absolute Gasteiger partial charge is 0.500 e. The highest BCUT2D eigenvalue weighted by molar-refractivity contribution is 5.83. The summed E-state index contributed by atoms with van der Waals surface area (Å²) in [5.74, 6) is -0.768. The smallest absolute Gasteiger partial charge is 0.349 e. The molecule has 0 saturated carbocycles. The molecule has 1 heterocycles. The van der Waals surface area contributed by atoms with Crippen LogP contribution in [0.4, 0.5) is 5.69 Å². The van der Waals surface area contributed by atoms with Crippen LogP contribution < -0.4 is 16.0 Å². The average molecular weight is 356 g/mol. The highest BCUT2D eigenvalue weighted by Gasteiger charge is 2.19. The lowest BCUT2D eigenvalue weighted by Gasteiger charge is -2.05. The Morgan fingerprint density at radius 2 is 2.04 bits per heavy atom. The number of fused-ring (bicyclic) bond motifs is 1. The van der Waals surface area contributed by atoms with E-state index in [0.717, 1.165) is 12.3 Å². The van der Waals surface area contributed by atoms with E-state index in [9.17, 15) is 24.8 Å². The van der Waals surface area contributed by atoms with E-state index >= 15 is 0 Å². The van der Waals surface area contributed by atoms with Crippen molar-refractivity contribution in [3.8, 4) is 11.5 Å². The summed E-state index contributed by atoms with van der Waals surface area (Å²) in [6.45, 7) is 0. The van der Waals surface area contributed by atoms with Gasteiger partial charge >= 0.3 is 11.4 Å². The number of aromatic amines is 1. The fourth-order valence-corrected chi connectivity index (χ4v) is 2.37. The van der Waals surface area contributed by atoms with Gasteiger partial charge in [-0.1, -0.05) is 12.1 Å². The van der Waals surface area contributed by atoms with Crippen molar-refractivity contribution in [2.24, 2.45) is 5.10 Å². The lowest BCUT2D eigenvalue weighted by molar-refractivity contribution is -0.386. The van der Waals surface area contributed by atoms with Gasteiger partial charge in [0.15, 0.2) is 5.75 Å². The molecule has 0 saturated heterocycles. The van der Waals surface area contributed by atoms with Gasteiger partial charge in [-0.2, -0.15) is 5.10 Å². The topological polar surface area (TPSA) is 140 Å². The fourth-order valence-electron chi connectivity index (χ4n) is 2.37. The second kappa shape index (κ2) is 6.51. The van der Waals surface area contributed by atoms with Crippen LogP contribution in [-0.4, -0.2) is 33.0 Å². The number of aromatic hydroxyl groups is 1. The average Bonchev–Trinajstić information content (AvgIpc) is 2.62. The van der Waals surface area contributed by atoms with Crippen molar-refractivity contribution in [2.45, 2.75) is 0 Å². The Morgan fingerprint density at radius 1 is 1.31 bits per heavy atom. The zero-order valence-corrected chi connectivity index (χ0v) is 13.4. The molecule has 0 atom stereocenters. The predicted octanol–water partition coefficient (Wildman–Crippen LogP) is 1.19. The second-order valence-electron chi connectivity index (χ2n) is 5.19. The van der Waals surface area contributed by atoms with Gasteiger partial charge in [-0.3, -0.25) is 14.9 Å². The number of rotatable bonds is 4. The van der Waals surface area contributed by atoms with Crippen LogP contribution in [0.2, 0.25) is 0 Å². The normalized spacial score (nSPS) is 11.1. The molecule has 0 aliphatic carbocycles. The van der Waals surface area contributed by atoms with E-state index in [1.165, 1.54) is 19.2 Å². The Morgan fingerprint density at radius 3 is 2.73 bits per heavy atom. The van der Waals surface area contributed by atoms with Crippen molar-refractivity contribution in [3.63, 3.8) is 0 Å². The summed E-state index contributed by atoms with van der Waals surface area (Å²) in [5.41, 5.74) is -1.46. The van der Waals surface area contributed by atoms with Crippen molar-refractivity contribution in [2.75, 3.05) is 7.11 Å². The number of H-pyrrole nitrogens is 1. The van der Waals surface area contributed by atoms with Gasteiger partial charge in [0.05, 0.1) is 29.2 Å². The number of phenolic OH excluding ortho intramolecular Hbond substituents is 1. The molecule has 3 aromatic rings. The van der Waals surface area contributed by atoms with E-state index in [-0.39, 0.29) is 16.7 Å². The van der Waals surface area contributed by atoms with Crippen molar-refractivity contribution >= 4 is 22.8 Å². The molecule has 0 spiro atoms. The number of nitrogens with one attached hydrogen (secondary N) is 1. The van der Waals surface area contributed by atoms with Gasteiger partial charge in [-0.25, -0.2) is 4.79 Å². The van der Waals surface area contributed by atoms with Crippen LogP contribution in [0.5, 0.6) is 11.5 Å². The standard InChI is InChI=1S/C16H12N4O6/c1-26-13-7-9(6-12(14(13)21)20(24)25)8-17-19-15(22)10-4-2-3-5-11(10)18-16(19)23/h2-8,21H,1H3,(H,18,23)/b17-8+. The van der Waals surface area contributed by atoms with Crippen molar-refractivity contribution < 1.29 is 14.8 Å². The zero-order chi connectivity index (χ0) is 18.8. The predicted molar refractivity (Wildman–Crippen MR) is 93.1 cm³/mol. The summed E-state index contributed by atoms with van der Waals surface area (Å²) >= 11 is 0. The van der Waals surface area contributed by atoms with Gasteiger partial charge in [0.1, 0.15) is 0 Å². The monoisotopic (exact) mass is 356 g/mol. The van der Waals surface area contributed by atoms with Crippen LogP contribution in [-0.2, 0) is 0 Å². The van der Waals surface area contributed by atoms with E-state index in [1.54, 1.807) is 18.2 Å². The summed E-state index contributed by atoms with van der Waals surface area (Å²) in [7, 11) is 1.23. The highest BCUT2D eigenvalue weighted by atomic mass is 16.6. The van der Waals surface area contributed by atoms with Gasteiger partial charge in [-0.05, 0) is 18.2 Å². The molecule has 0 fully saturated rings. The number of aromatic nitrogens is 2. The van der Waals surface area contributed by atoms with Gasteiger partial charge in [0.25, 0.3) is 5.56 Å². The minimum absolute atomic E-state index is 0.139. The zero-order valence-electron chi connectivity index (χ0n) is 13.4. The molecule has 0 aliphatic rings. The number of ether oxygens (including phenoxy) is 1. The van der Waals surface area contributed by atoms with Gasteiger partial charge in [-0.15, -0.1) is 4.68 Å². The van der Waals surface area contributed by atoms with E-state index in [2.05, 4.69) is 10.1 Å². The van der Waals surface area contributed by atoms with E-state index in [1.807, 2.05) is 0 Å². The summed E-state index contributed by atoms with van der Waals surface area (Å²) < 4.78 is 5.49. The van der Waals surface area contributed by atoms with Gasteiger partial charge < -0.3 is 14.8 Å². The quantitative estimate of drug-likeness (QED) is 0.409. The van der Waals surface area contributed by atoms with E-state index < -0.39 is 27.6 Å². The molecule has 10 nitrogen and oxygen atoms in total. The maximum absolute atomic E-state index is 12.4. The van der Waals surface area contributed by atoms with E-state index in [0.29, 0.717) is 10.2 Å². The number of nitro groups is 1. The molecule has 0 bridgehead atoms. The first-order chi connectivity index (χ1) is 12.4. The number of nitro benzene ring substituents is 1. The molecule has 26 heavy (non-hydrogen) atoms. The van der Waals surface area contributed by atoms with Gasteiger partial charge in [0.2, 0.25) is 5.75 Å². The number of para-hydroxylation sites is 1. The first kappa shape index (κ1) is 16.9. The maximum atomic E-state index is 12.4. The van der Waals surface area contributed by atoms with Crippen LogP contribution in [0.25, 0.3) is 10.9 Å². The summed E-state index contributed by atoms with van der Waals surface area (Å²) in [4.78, 5) is 37.2. The number of benzene rings is 2. The number of hydrogen-bond acceptors (Lipinski definition) is 7. The summed E-state index contributed by atoms with van der Waals surface area (Å²) in [5, 5.41) is 24.8. The van der Waals surface area contributed by atoms with Crippen molar-refractivity contribution in [3.05, 3.63) is 72.9 Å². The second-order valence-corrected chi connectivity index (χ2v) is 5.19. The Bertz CT molecular complexity index is 1160. The number of methoxy groups -OCH3 is 1. The third kappa shape index (κ3) is 2.90. The van der Waals surface area contributed by atoms with Crippen LogP contribution in [0.3, 0.4) is 0 Å². The molecular weight excluding hydrogens is 344 g/mol. The van der Waals surface area contributed by atoms with Crippen molar-refractivity contribution in [1.82, 2.24) is 9.66 Å². The molecule has 0 radical (unpaired) electrons. The maximum Gasteiger partial charge on any atom is 0.349 e. The van der Waals surface area contributed by atoms with Crippen LogP contribution >= 0.6 is 0 Å². The fraction of sp³-hybridized carbons (Fsp3) is 0.0625. The Labute approximate surface area is 144 Å². The van der Waals surface area contributed by atoms with Crippen LogP contribution in [0, 0.1) is 10.1 Å². The Balaban J connectivity index is 2.13. The summed E-state index contributed by atoms with van der Waals surface area (Å²) in [6.07, 6.45) is 1.08. The molecule has 2 aromatic carbocycles. The van der Waals surface area contributed by atoms with Gasteiger partial charge in [0, 0.05) is 11.6 Å². The molecule has 3 rings (SSSR count). The number of nitrogens with zero attached hydrogens (tertiary/aromatic N) is 3. The third-order valence-electron chi connectivity index (χ3n) is 3.60. The molecule has 2 N–H and O–H groups in total. The molecule has 10 heteroatoms. The van der Waals surface area contributed by atoms with Crippen molar-refractivity contribution in [1.29, 1.82) is 0 Å². The number of hydrogen-bond donors (Lipinski definition) is 2. The molecule has 0 amide bonds. The van der Waals surface area contributed by atoms with Crippen LogP contribution in [0.15, 0.2) is 51.1 Å². The van der Waals surface area contributed by atoms with Crippen LogP contribution in [0.1, 0.15) is 5.56 Å². The number of phenols is 1. The highest BCUT2D eigenvalue weighted by Crippen LogP contribution is 2.36.